The van der Waals surface area contributed by atoms with Crippen molar-refractivity contribution in [2.75, 3.05) is 20.4 Å². The summed E-state index contributed by atoms with van der Waals surface area (Å²) in [7, 11) is 1.49. The molecule has 6 nitrogen and oxygen atoms in total. The topological polar surface area (TPSA) is 58.8 Å². The molecule has 3 aromatic rings. The van der Waals surface area contributed by atoms with E-state index in [9.17, 15) is 17.6 Å². The Labute approximate surface area is 169 Å². The van der Waals surface area contributed by atoms with E-state index in [2.05, 4.69) is 15.0 Å². The van der Waals surface area contributed by atoms with Crippen molar-refractivity contribution in [2.45, 2.75) is 18.9 Å². The van der Waals surface area contributed by atoms with Crippen LogP contribution in [0.25, 0.3) is 10.9 Å². The highest BCUT2D eigenvalue weighted by atomic mass is 19.4. The molecule has 0 spiro atoms. The van der Waals surface area contributed by atoms with Gasteiger partial charge in [0.05, 0.1) is 12.8 Å². The summed E-state index contributed by atoms with van der Waals surface area (Å²) in [6.07, 6.45) is -4.55. The van der Waals surface area contributed by atoms with Gasteiger partial charge in [-0.05, 0) is 54.4 Å². The van der Waals surface area contributed by atoms with Gasteiger partial charge in [-0.25, -0.2) is 4.39 Å². The maximum Gasteiger partial charge on any atom is 0.573 e. The summed E-state index contributed by atoms with van der Waals surface area (Å²) >= 11 is 0. The number of aromatic nitrogens is 1. The van der Waals surface area contributed by atoms with Gasteiger partial charge < -0.3 is 14.5 Å². The van der Waals surface area contributed by atoms with E-state index in [0.717, 1.165) is 11.3 Å². The predicted molar refractivity (Wildman–Crippen MR) is 100 cm³/mol. The van der Waals surface area contributed by atoms with Gasteiger partial charge in [-0.15, -0.1) is 18.2 Å². The van der Waals surface area contributed by atoms with E-state index in [1.165, 1.54) is 43.5 Å². The van der Waals surface area contributed by atoms with Gasteiger partial charge in [0.1, 0.15) is 23.5 Å². The van der Waals surface area contributed by atoms with Crippen molar-refractivity contribution in [1.29, 1.82) is 0 Å². The van der Waals surface area contributed by atoms with Crippen LogP contribution in [-0.4, -0.2) is 36.8 Å². The van der Waals surface area contributed by atoms with Gasteiger partial charge in [0, 0.05) is 17.4 Å². The largest absolute Gasteiger partial charge is 0.573 e. The smallest absolute Gasteiger partial charge is 0.476 e. The second-order valence-electron chi connectivity index (χ2n) is 6.71. The van der Waals surface area contributed by atoms with Crippen LogP contribution < -0.4 is 14.8 Å². The lowest BCUT2D eigenvalue weighted by Gasteiger charge is -2.32. The Balaban J connectivity index is 1.58. The van der Waals surface area contributed by atoms with E-state index in [1.807, 2.05) is 0 Å². The molecule has 0 radical (unpaired) electrons. The van der Waals surface area contributed by atoms with E-state index in [-0.39, 0.29) is 18.3 Å². The summed E-state index contributed by atoms with van der Waals surface area (Å²) in [5.74, 6) is -0.160. The lowest BCUT2D eigenvalue weighted by molar-refractivity contribution is -0.274. The zero-order valence-corrected chi connectivity index (χ0v) is 15.9. The number of H-pyrrole nitrogens is 1. The Bertz CT molecular complexity index is 1020. The molecule has 0 saturated heterocycles. The lowest BCUT2D eigenvalue weighted by Crippen LogP contribution is -2.43. The predicted octanol–water partition coefficient (Wildman–Crippen LogP) is 4.25. The molecule has 4 rings (SSSR count). The summed E-state index contributed by atoms with van der Waals surface area (Å²) < 4.78 is 60.5. The number of hydrogen-bond acceptors (Lipinski definition) is 5. The normalized spacial score (nSPS) is 16.7. The van der Waals surface area contributed by atoms with Crippen molar-refractivity contribution in [3.8, 4) is 11.5 Å². The number of fused-ring (bicyclic) bond motifs is 3. The number of nitrogens with zero attached hydrogens (tertiary/aromatic N) is 1. The van der Waals surface area contributed by atoms with Crippen LogP contribution >= 0.6 is 0 Å². The first-order valence-electron chi connectivity index (χ1n) is 9.17. The minimum Gasteiger partial charge on any atom is -0.476 e. The monoisotopic (exact) mass is 425 g/mol. The first kappa shape index (κ1) is 20.5. The molecule has 0 aliphatic carbocycles. The molecule has 0 bridgehead atoms. The van der Waals surface area contributed by atoms with Gasteiger partial charge in [-0.3, -0.25) is 10.2 Å². The molecule has 0 fully saturated rings. The molecule has 160 valence electrons. The van der Waals surface area contributed by atoms with Crippen LogP contribution in [0, 0.1) is 5.82 Å². The van der Waals surface area contributed by atoms with Crippen LogP contribution in [0.4, 0.5) is 17.6 Å². The zero-order valence-electron chi connectivity index (χ0n) is 15.9. The average Bonchev–Trinajstić information content (AvgIpc) is 3.07. The number of nitrogens with one attached hydrogen (secondary N) is 2. The van der Waals surface area contributed by atoms with Crippen LogP contribution in [0.15, 0.2) is 42.5 Å². The van der Waals surface area contributed by atoms with Crippen molar-refractivity contribution in [1.82, 2.24) is 15.4 Å². The molecule has 1 aliphatic rings. The van der Waals surface area contributed by atoms with Gasteiger partial charge in [-0.2, -0.15) is 0 Å². The standard InChI is InChI=1S/C20H19F4N3O3/c1-28-27(11-29-13-4-2-12(21)3-5-13)19-18-15(8-9-25-19)16-10-14(30-20(22,23)24)6-7-17(16)26-18/h2-7,10,19,25-26H,8-9,11H2,1H3. The number of hydrogen-bond donors (Lipinski definition) is 2. The zero-order chi connectivity index (χ0) is 21.3. The summed E-state index contributed by atoms with van der Waals surface area (Å²) in [5, 5.41) is 5.51. The van der Waals surface area contributed by atoms with Crippen molar-refractivity contribution < 1.29 is 31.9 Å². The van der Waals surface area contributed by atoms with E-state index < -0.39 is 12.5 Å². The van der Waals surface area contributed by atoms with Gasteiger partial charge in [0.15, 0.2) is 6.73 Å². The molecule has 2 aromatic carbocycles. The van der Waals surface area contributed by atoms with E-state index >= 15 is 0 Å². The highest BCUT2D eigenvalue weighted by Gasteiger charge is 2.32. The molecule has 30 heavy (non-hydrogen) atoms. The number of aromatic amines is 1. The quantitative estimate of drug-likeness (QED) is 0.351. The Morgan fingerprint density at radius 2 is 1.83 bits per heavy atom. The van der Waals surface area contributed by atoms with Crippen molar-refractivity contribution in [3.63, 3.8) is 0 Å². The molecule has 0 saturated carbocycles. The second kappa shape index (κ2) is 8.13. The van der Waals surface area contributed by atoms with Crippen LogP contribution in [-0.2, 0) is 11.3 Å². The number of halogens is 4. The highest BCUT2D eigenvalue weighted by Crippen LogP contribution is 2.35. The Morgan fingerprint density at radius 3 is 2.53 bits per heavy atom. The fraction of sp³-hybridized carbons (Fsp3) is 0.300. The summed E-state index contributed by atoms with van der Waals surface area (Å²) in [6, 6.07) is 9.81. The maximum atomic E-state index is 13.1. The van der Waals surface area contributed by atoms with Gasteiger partial charge in [-0.1, -0.05) is 0 Å². The van der Waals surface area contributed by atoms with E-state index in [0.29, 0.717) is 29.6 Å². The average molecular weight is 425 g/mol. The molecule has 10 heteroatoms. The molecule has 1 aliphatic heterocycles. The first-order chi connectivity index (χ1) is 14.3. The number of benzene rings is 2. The van der Waals surface area contributed by atoms with Gasteiger partial charge in [0.2, 0.25) is 0 Å². The molecule has 2 heterocycles. The van der Waals surface area contributed by atoms with Crippen molar-refractivity contribution in [2.24, 2.45) is 0 Å². The molecule has 1 unspecified atom stereocenters. The third-order valence-electron chi connectivity index (χ3n) is 4.82. The molecular formula is C20H19F4N3O3. The minimum atomic E-state index is -4.75. The Kier molecular flexibility index (Phi) is 5.54. The summed E-state index contributed by atoms with van der Waals surface area (Å²) in [6.45, 7) is 0.627. The van der Waals surface area contributed by atoms with Crippen molar-refractivity contribution >= 4 is 10.9 Å². The Morgan fingerprint density at radius 1 is 1.10 bits per heavy atom. The second-order valence-corrected chi connectivity index (χ2v) is 6.71. The molecule has 1 aromatic heterocycles. The molecule has 0 amide bonds. The fourth-order valence-electron chi connectivity index (χ4n) is 3.53. The SMILES string of the molecule is CON(COc1ccc(F)cc1)C1NCCc2c1[nH]c1ccc(OC(F)(F)F)cc21. The van der Waals surface area contributed by atoms with Gasteiger partial charge in [0.25, 0.3) is 0 Å². The number of hydroxylamine groups is 2. The van der Waals surface area contributed by atoms with Crippen LogP contribution in [0.5, 0.6) is 11.5 Å². The highest BCUT2D eigenvalue weighted by molar-refractivity contribution is 5.86. The number of alkyl halides is 3. The lowest BCUT2D eigenvalue weighted by atomic mass is 10.0. The van der Waals surface area contributed by atoms with E-state index in [4.69, 9.17) is 9.57 Å². The third-order valence-corrected chi connectivity index (χ3v) is 4.82. The first-order valence-corrected chi connectivity index (χ1v) is 9.17. The minimum absolute atomic E-state index is 0.0387. The Hall–Kier alpha value is -2.82. The van der Waals surface area contributed by atoms with Crippen molar-refractivity contribution in [3.05, 3.63) is 59.5 Å². The van der Waals surface area contributed by atoms with Gasteiger partial charge >= 0.3 is 6.36 Å². The van der Waals surface area contributed by atoms with E-state index in [1.54, 1.807) is 11.1 Å². The fourth-order valence-corrected chi connectivity index (χ4v) is 3.53. The molecule has 1 atom stereocenters. The number of ether oxygens (including phenoxy) is 2. The summed E-state index contributed by atoms with van der Waals surface area (Å²) in [5.41, 5.74) is 2.34. The van der Waals surface area contributed by atoms with Crippen LogP contribution in [0.3, 0.4) is 0 Å². The summed E-state index contributed by atoms with van der Waals surface area (Å²) in [4.78, 5) is 8.71. The maximum absolute atomic E-state index is 13.1. The molecule has 2 N–H and O–H groups in total. The third kappa shape index (κ3) is 4.35. The van der Waals surface area contributed by atoms with Crippen LogP contribution in [0.2, 0.25) is 0 Å². The van der Waals surface area contributed by atoms with Crippen LogP contribution in [0.1, 0.15) is 17.4 Å². The number of rotatable bonds is 6. The molecular weight excluding hydrogens is 406 g/mol.